The number of hydrogen-bond donors (Lipinski definition) is 2. The fourth-order valence-corrected chi connectivity index (χ4v) is 2.22. The third-order valence-corrected chi connectivity index (χ3v) is 3.47. The number of amides is 1. The minimum Gasteiger partial charge on any atom is -0.354 e. The zero-order chi connectivity index (χ0) is 14.1. The van der Waals surface area contributed by atoms with Gasteiger partial charge in [0.25, 0.3) is 0 Å². The second-order valence-electron chi connectivity index (χ2n) is 4.80. The summed E-state index contributed by atoms with van der Waals surface area (Å²) in [6, 6.07) is 5.54. The van der Waals surface area contributed by atoms with Crippen LogP contribution in [-0.2, 0) is 16.4 Å². The van der Waals surface area contributed by atoms with Crippen molar-refractivity contribution < 1.29 is 18.0 Å². The van der Waals surface area contributed by atoms with E-state index in [1.54, 1.807) is 6.07 Å². The Labute approximate surface area is 109 Å². The zero-order valence-corrected chi connectivity index (χ0v) is 10.3. The van der Waals surface area contributed by atoms with E-state index in [2.05, 4.69) is 5.32 Å². The summed E-state index contributed by atoms with van der Waals surface area (Å²) in [6.07, 6.45) is -3.08. The van der Waals surface area contributed by atoms with E-state index in [-0.39, 0.29) is 24.6 Å². The van der Waals surface area contributed by atoms with Gasteiger partial charge in [-0.05, 0) is 24.5 Å². The van der Waals surface area contributed by atoms with Crippen LogP contribution in [0.25, 0.3) is 0 Å². The molecule has 3 nitrogen and oxygen atoms in total. The second kappa shape index (κ2) is 4.85. The van der Waals surface area contributed by atoms with Crippen LogP contribution in [0, 0.1) is 0 Å². The van der Waals surface area contributed by atoms with Crippen LogP contribution in [0.2, 0.25) is 0 Å². The van der Waals surface area contributed by atoms with Gasteiger partial charge in [-0.15, -0.1) is 0 Å². The van der Waals surface area contributed by atoms with Gasteiger partial charge in [-0.1, -0.05) is 18.2 Å². The predicted molar refractivity (Wildman–Crippen MR) is 64.4 cm³/mol. The summed E-state index contributed by atoms with van der Waals surface area (Å²) in [4.78, 5) is 11.1. The van der Waals surface area contributed by atoms with Gasteiger partial charge in [0.05, 0.1) is 12.1 Å². The van der Waals surface area contributed by atoms with Crippen molar-refractivity contribution >= 4 is 5.91 Å². The lowest BCUT2D eigenvalue weighted by Gasteiger charge is -2.21. The molecule has 1 amide bonds. The molecule has 0 radical (unpaired) electrons. The zero-order valence-electron chi connectivity index (χ0n) is 10.3. The highest BCUT2D eigenvalue weighted by Gasteiger charge is 2.49. The van der Waals surface area contributed by atoms with Crippen molar-refractivity contribution in [2.24, 2.45) is 5.73 Å². The van der Waals surface area contributed by atoms with Crippen molar-refractivity contribution in [3.63, 3.8) is 0 Å². The maximum atomic E-state index is 13.0. The van der Waals surface area contributed by atoms with Crippen LogP contribution in [-0.4, -0.2) is 19.0 Å². The van der Waals surface area contributed by atoms with Crippen molar-refractivity contribution in [1.82, 2.24) is 5.32 Å². The molecule has 0 heterocycles. The van der Waals surface area contributed by atoms with Gasteiger partial charge in [0.2, 0.25) is 5.91 Å². The molecule has 1 aromatic rings. The Balaban J connectivity index is 2.24. The average Bonchev–Trinajstić information content (AvgIpc) is 3.16. The molecule has 0 bridgehead atoms. The largest absolute Gasteiger partial charge is 0.416 e. The van der Waals surface area contributed by atoms with Gasteiger partial charge in [0.1, 0.15) is 0 Å². The molecule has 0 atom stereocenters. The van der Waals surface area contributed by atoms with E-state index in [1.165, 1.54) is 12.1 Å². The second-order valence-corrected chi connectivity index (χ2v) is 4.80. The molecule has 0 aliphatic heterocycles. The molecule has 1 fully saturated rings. The number of nitrogens with one attached hydrogen (secondary N) is 1. The quantitative estimate of drug-likeness (QED) is 0.878. The normalized spacial score (nSPS) is 17.1. The Morgan fingerprint density at radius 3 is 2.47 bits per heavy atom. The maximum absolute atomic E-state index is 13.0. The topological polar surface area (TPSA) is 55.1 Å². The van der Waals surface area contributed by atoms with Gasteiger partial charge >= 0.3 is 6.18 Å². The summed E-state index contributed by atoms with van der Waals surface area (Å²) in [5, 5.41) is 2.58. The maximum Gasteiger partial charge on any atom is 0.416 e. The molecule has 1 aliphatic rings. The van der Waals surface area contributed by atoms with E-state index in [9.17, 15) is 18.0 Å². The average molecular weight is 272 g/mol. The molecule has 0 aromatic heterocycles. The number of halogens is 3. The molecular formula is C13H15F3N2O. The fourth-order valence-electron chi connectivity index (χ4n) is 2.22. The lowest BCUT2D eigenvalue weighted by molar-refractivity contribution is -0.138. The van der Waals surface area contributed by atoms with Crippen molar-refractivity contribution in [2.75, 3.05) is 13.1 Å². The van der Waals surface area contributed by atoms with Crippen LogP contribution in [0.4, 0.5) is 13.2 Å². The van der Waals surface area contributed by atoms with Crippen LogP contribution in [0.15, 0.2) is 24.3 Å². The Morgan fingerprint density at radius 1 is 1.32 bits per heavy atom. The number of alkyl halides is 3. The summed E-state index contributed by atoms with van der Waals surface area (Å²) >= 11 is 0. The number of benzene rings is 1. The fraction of sp³-hybridized carbons (Fsp3) is 0.462. The molecule has 0 saturated heterocycles. The van der Waals surface area contributed by atoms with Crippen LogP contribution < -0.4 is 11.1 Å². The molecule has 6 heteroatoms. The van der Waals surface area contributed by atoms with Gasteiger partial charge in [0.15, 0.2) is 0 Å². The van der Waals surface area contributed by atoms with E-state index in [1.807, 2.05) is 0 Å². The summed E-state index contributed by atoms with van der Waals surface area (Å²) in [5.41, 5.74) is 4.23. The van der Waals surface area contributed by atoms with E-state index < -0.39 is 17.2 Å². The van der Waals surface area contributed by atoms with Crippen LogP contribution in [0.5, 0.6) is 0 Å². The Hall–Kier alpha value is -1.56. The van der Waals surface area contributed by atoms with Gasteiger partial charge < -0.3 is 11.1 Å². The van der Waals surface area contributed by atoms with Gasteiger partial charge in [-0.3, -0.25) is 4.79 Å². The first-order valence-corrected chi connectivity index (χ1v) is 6.02. The number of hydrogen-bond acceptors (Lipinski definition) is 2. The third-order valence-electron chi connectivity index (χ3n) is 3.47. The minimum absolute atomic E-state index is 0.156. The molecule has 19 heavy (non-hydrogen) atoms. The van der Waals surface area contributed by atoms with E-state index in [0.717, 1.165) is 6.07 Å². The lowest BCUT2D eigenvalue weighted by Crippen LogP contribution is -2.36. The standard InChI is InChI=1S/C13H15F3N2O/c14-13(15,16)10-4-2-1-3-9(10)12(5-6-12)8-18-11(19)7-17/h1-4H,5-8,17H2,(H,18,19). The first kappa shape index (κ1) is 13.9. The van der Waals surface area contributed by atoms with Crippen molar-refractivity contribution in [1.29, 1.82) is 0 Å². The Kier molecular flexibility index (Phi) is 3.54. The molecule has 1 aliphatic carbocycles. The molecule has 3 N–H and O–H groups in total. The van der Waals surface area contributed by atoms with Gasteiger partial charge in [-0.2, -0.15) is 13.2 Å². The molecule has 104 valence electrons. The van der Waals surface area contributed by atoms with E-state index in [0.29, 0.717) is 12.8 Å². The summed E-state index contributed by atoms with van der Waals surface area (Å²) < 4.78 is 38.9. The number of carbonyl (C=O) groups excluding carboxylic acids is 1. The number of nitrogens with two attached hydrogens (primary N) is 1. The third kappa shape index (κ3) is 2.89. The first-order valence-electron chi connectivity index (χ1n) is 6.02. The van der Waals surface area contributed by atoms with E-state index >= 15 is 0 Å². The monoisotopic (exact) mass is 272 g/mol. The minimum atomic E-state index is -4.37. The lowest BCUT2D eigenvalue weighted by atomic mass is 9.91. The van der Waals surface area contributed by atoms with Gasteiger partial charge in [0, 0.05) is 12.0 Å². The highest BCUT2D eigenvalue weighted by molar-refractivity contribution is 5.78. The predicted octanol–water partition coefficient (Wildman–Crippen LogP) is 1.81. The van der Waals surface area contributed by atoms with Crippen LogP contribution >= 0.6 is 0 Å². The molecule has 0 unspecified atom stereocenters. The Morgan fingerprint density at radius 2 is 1.95 bits per heavy atom. The summed E-state index contributed by atoms with van der Waals surface area (Å²) in [7, 11) is 0. The Bertz CT molecular complexity index is 481. The van der Waals surface area contributed by atoms with Crippen LogP contribution in [0.1, 0.15) is 24.0 Å². The first-order chi connectivity index (χ1) is 8.89. The van der Waals surface area contributed by atoms with Gasteiger partial charge in [-0.25, -0.2) is 0 Å². The summed E-state index contributed by atoms with van der Waals surface area (Å²) in [5.74, 6) is -0.351. The smallest absolute Gasteiger partial charge is 0.354 e. The highest BCUT2D eigenvalue weighted by Crippen LogP contribution is 2.51. The molecule has 1 aromatic carbocycles. The summed E-state index contributed by atoms with van der Waals surface area (Å²) in [6.45, 7) is 0.0487. The number of carbonyl (C=O) groups is 1. The highest BCUT2D eigenvalue weighted by atomic mass is 19.4. The number of rotatable bonds is 4. The van der Waals surface area contributed by atoms with Crippen molar-refractivity contribution in [3.05, 3.63) is 35.4 Å². The van der Waals surface area contributed by atoms with Crippen molar-refractivity contribution in [2.45, 2.75) is 24.4 Å². The van der Waals surface area contributed by atoms with Crippen LogP contribution in [0.3, 0.4) is 0 Å². The molecule has 1 saturated carbocycles. The molecule has 2 rings (SSSR count). The molecular weight excluding hydrogens is 257 g/mol. The SMILES string of the molecule is NCC(=O)NCC1(c2ccccc2C(F)(F)F)CC1. The molecule has 0 spiro atoms. The van der Waals surface area contributed by atoms with Crippen molar-refractivity contribution in [3.8, 4) is 0 Å². The van der Waals surface area contributed by atoms with E-state index in [4.69, 9.17) is 5.73 Å².